The third-order valence-corrected chi connectivity index (χ3v) is 9.80. The van der Waals surface area contributed by atoms with E-state index < -0.39 is 72.5 Å². The van der Waals surface area contributed by atoms with Crippen molar-refractivity contribution in [3.8, 4) is 0 Å². The molecule has 0 saturated heterocycles. The van der Waals surface area contributed by atoms with Gasteiger partial charge in [0, 0.05) is 30.7 Å². The fourth-order valence-electron chi connectivity index (χ4n) is 3.61. The number of phosphoric acid groups is 3. The molecule has 0 aliphatic carbocycles. The largest absolute Gasteiger partial charge is 0.481 e. The van der Waals surface area contributed by atoms with Crippen LogP contribution < -0.4 is 16.4 Å². The first kappa shape index (κ1) is 42.1. The zero-order valence-corrected chi connectivity index (χ0v) is 29.1. The minimum Gasteiger partial charge on any atom is -0.388 e. The molecule has 2 aromatic heterocycles. The maximum absolute atomic E-state index is 12.4. The first-order valence-corrected chi connectivity index (χ1v) is 19.4. The normalized spacial score (nSPS) is 17.5. The van der Waals surface area contributed by atoms with Crippen LogP contribution in [0.3, 0.4) is 0 Å². The number of nitrogens with two attached hydrogens (primary N) is 1. The van der Waals surface area contributed by atoms with Gasteiger partial charge in [-0.15, -0.1) is 0 Å². The molecule has 23 nitrogen and oxygen atoms in total. The monoisotopic (exact) mass is 769 g/mol. The van der Waals surface area contributed by atoms with Gasteiger partial charge in [-0.2, -0.15) is 16.1 Å². The molecule has 0 radical (unpaired) electrons. The van der Waals surface area contributed by atoms with E-state index in [0.717, 1.165) is 17.2 Å². The molecule has 274 valence electrons. The molecule has 6 atom stereocenters. The van der Waals surface area contributed by atoms with Crippen LogP contribution >= 0.6 is 35.2 Å². The van der Waals surface area contributed by atoms with Gasteiger partial charge < -0.3 is 51.3 Å². The smallest absolute Gasteiger partial charge is 0.388 e. The third kappa shape index (κ3) is 13.3. The van der Waals surface area contributed by atoms with Gasteiger partial charge in [-0.05, 0) is 6.26 Å². The highest BCUT2D eigenvalue weighted by molar-refractivity contribution is 7.98. The number of nitrogen functional groups attached to an aromatic ring is 1. The minimum absolute atomic E-state index is 0.0397. The summed E-state index contributed by atoms with van der Waals surface area (Å²) in [5.41, 5.74) is 3.87. The summed E-state index contributed by atoms with van der Waals surface area (Å²) in [5.74, 6) is -0.722. The predicted molar refractivity (Wildman–Crippen MR) is 165 cm³/mol. The molecule has 0 fully saturated rings. The Labute approximate surface area is 277 Å². The Balaban J connectivity index is 1.99. The molecule has 2 rings (SSSR count). The van der Waals surface area contributed by atoms with E-state index in [-0.39, 0.29) is 35.9 Å². The van der Waals surface area contributed by atoms with Crippen LogP contribution in [0.15, 0.2) is 12.7 Å². The quantitative estimate of drug-likeness (QED) is 0.0503. The van der Waals surface area contributed by atoms with Gasteiger partial charge in [0.1, 0.15) is 30.2 Å². The van der Waals surface area contributed by atoms with E-state index in [9.17, 15) is 58.2 Å². The van der Waals surface area contributed by atoms with Gasteiger partial charge in [0.05, 0.1) is 19.5 Å². The van der Waals surface area contributed by atoms with Gasteiger partial charge in [-0.25, -0.2) is 28.6 Å². The number of carbonyl (C=O) groups excluding carboxylic acids is 2. The van der Waals surface area contributed by atoms with Crippen LogP contribution in [0.4, 0.5) is 5.82 Å². The van der Waals surface area contributed by atoms with Gasteiger partial charge in [-0.1, -0.05) is 13.8 Å². The second-order valence-electron chi connectivity index (χ2n) is 10.5. The second kappa shape index (κ2) is 17.7. The number of carbonyl (C=O) groups is 2. The van der Waals surface area contributed by atoms with Crippen LogP contribution in [0.25, 0.3) is 11.2 Å². The molecule has 0 saturated carbocycles. The molecule has 2 amide bonds. The number of nitrogens with one attached hydrogen (secondary N) is 2. The maximum atomic E-state index is 12.4. The number of hydrogen-bond acceptors (Lipinski definition) is 17. The molecule has 2 aromatic rings. The number of hydrogen-bond donors (Lipinski definition) is 10. The fraction of sp³-hybridized carbons (Fsp3) is 0.667. The van der Waals surface area contributed by atoms with Crippen LogP contribution in [0.5, 0.6) is 0 Å². The van der Waals surface area contributed by atoms with E-state index in [1.807, 2.05) is 6.26 Å². The summed E-state index contributed by atoms with van der Waals surface area (Å²) in [7, 11) is -16.6. The number of aliphatic hydroxyl groups is 3. The Hall–Kier alpha value is -2.11. The highest BCUT2D eigenvalue weighted by Crippen LogP contribution is 2.61. The Bertz CT molecular complexity index is 1540. The average molecular weight is 770 g/mol. The summed E-state index contributed by atoms with van der Waals surface area (Å²) in [5, 5.41) is 36.6. The summed E-state index contributed by atoms with van der Waals surface area (Å²) >= 11 is 1.53. The summed E-state index contributed by atoms with van der Waals surface area (Å²) < 4.78 is 54.9. The zero-order valence-electron chi connectivity index (χ0n) is 25.6. The lowest BCUT2D eigenvalue weighted by Crippen LogP contribution is -2.46. The fourth-order valence-corrected chi connectivity index (χ4v) is 6.74. The van der Waals surface area contributed by atoms with Crippen molar-refractivity contribution in [2.45, 2.75) is 44.8 Å². The number of aliphatic hydroxyl groups excluding tert-OH is 3. The highest BCUT2D eigenvalue weighted by atomic mass is 32.2. The van der Waals surface area contributed by atoms with Crippen molar-refractivity contribution >= 4 is 64.0 Å². The highest BCUT2D eigenvalue weighted by Gasteiger charge is 2.42. The standard InChI is InChI=1S/C21H38N7O16P3S/c1-21(2,16(31)19(32)24-5-4-13(30)23-6-7-48-3)9-42-47(39,40)44-46(37,38)41-8-12(29)15(43-45(34,35)36)20(33)28-11-27-14-17(22)25-10-26-18(14)28/h10-12,15-16,20,29,31,33H,4-9H2,1-3H3,(H,23,30)(H,24,32)(H,37,38)(H,39,40)(H2,22,25,26)(H2,34,35,36)/t12-,15?,16?,20+/m1/s1. The SMILES string of the molecule is CSCCNC(=O)CCNC(=O)C(O)C(C)(C)COP(=O)(O)OP(=O)(O)OC[C@@H](O)C(OP(=O)(O)O)[C@H](O)n1cnc2c(N)ncnc21. The molecular weight excluding hydrogens is 731 g/mol. The first-order chi connectivity index (χ1) is 22.1. The van der Waals surface area contributed by atoms with Gasteiger partial charge in [-0.3, -0.25) is 27.7 Å². The van der Waals surface area contributed by atoms with Crippen LogP contribution in [0.2, 0.25) is 0 Å². The van der Waals surface area contributed by atoms with Gasteiger partial charge in [0.25, 0.3) is 0 Å². The van der Waals surface area contributed by atoms with Gasteiger partial charge in [0.2, 0.25) is 11.8 Å². The number of anilines is 1. The van der Waals surface area contributed by atoms with Crippen molar-refractivity contribution in [1.82, 2.24) is 30.2 Å². The lowest BCUT2D eigenvalue weighted by atomic mass is 9.87. The van der Waals surface area contributed by atoms with Gasteiger partial charge >= 0.3 is 23.5 Å². The maximum Gasteiger partial charge on any atom is 0.481 e. The van der Waals surface area contributed by atoms with Crippen molar-refractivity contribution < 1.29 is 76.1 Å². The Morgan fingerprint density at radius 1 is 1.02 bits per heavy atom. The minimum atomic E-state index is -5.62. The van der Waals surface area contributed by atoms with Crippen LogP contribution in [-0.4, -0.2) is 123 Å². The molecule has 2 heterocycles. The number of phosphoric ester groups is 3. The van der Waals surface area contributed by atoms with E-state index >= 15 is 0 Å². The molecule has 11 N–H and O–H groups in total. The predicted octanol–water partition coefficient (Wildman–Crippen LogP) is -1.64. The molecule has 27 heteroatoms. The van der Waals surface area contributed by atoms with Crippen molar-refractivity contribution in [3.05, 3.63) is 12.7 Å². The molecule has 4 unspecified atom stereocenters. The topological polar surface area (TPSA) is 358 Å². The summed E-state index contributed by atoms with van der Waals surface area (Å²) in [6, 6.07) is 0. The Kier molecular flexibility index (Phi) is 15.5. The van der Waals surface area contributed by atoms with E-state index in [1.165, 1.54) is 25.6 Å². The number of thioether (sulfide) groups is 1. The Morgan fingerprint density at radius 2 is 1.67 bits per heavy atom. The number of aromatic nitrogens is 4. The van der Waals surface area contributed by atoms with Crippen LogP contribution in [0, 0.1) is 5.41 Å². The van der Waals surface area contributed by atoms with E-state index in [4.69, 9.17) is 5.73 Å². The van der Waals surface area contributed by atoms with Crippen molar-refractivity contribution in [2.24, 2.45) is 5.41 Å². The average Bonchev–Trinajstić information content (AvgIpc) is 3.42. The summed E-state index contributed by atoms with van der Waals surface area (Å²) in [6.45, 7) is 0.503. The van der Waals surface area contributed by atoms with Gasteiger partial charge in [0.15, 0.2) is 17.7 Å². The number of nitrogens with zero attached hydrogens (tertiary/aromatic N) is 4. The third-order valence-electron chi connectivity index (χ3n) is 6.09. The molecule has 0 aliphatic heterocycles. The van der Waals surface area contributed by atoms with Crippen molar-refractivity contribution in [1.29, 1.82) is 0 Å². The molecule has 0 aromatic carbocycles. The number of amides is 2. The molecule has 0 bridgehead atoms. The molecular formula is C21H38N7O16P3S. The van der Waals surface area contributed by atoms with Crippen LogP contribution in [-0.2, 0) is 41.2 Å². The van der Waals surface area contributed by atoms with Crippen molar-refractivity contribution in [3.63, 3.8) is 0 Å². The lowest BCUT2D eigenvalue weighted by molar-refractivity contribution is -0.137. The van der Waals surface area contributed by atoms with E-state index in [2.05, 4.69) is 43.5 Å². The molecule has 48 heavy (non-hydrogen) atoms. The summed E-state index contributed by atoms with van der Waals surface area (Å²) in [4.78, 5) is 74.0. The number of imidazole rings is 1. The molecule has 0 spiro atoms. The number of rotatable bonds is 21. The summed E-state index contributed by atoms with van der Waals surface area (Å²) in [6.07, 6.45) is -5.00. The zero-order chi connectivity index (χ0) is 36.5. The van der Waals surface area contributed by atoms with Crippen LogP contribution in [0.1, 0.15) is 26.5 Å². The first-order valence-electron chi connectivity index (χ1n) is 13.5. The lowest BCUT2D eigenvalue weighted by Gasteiger charge is -2.30. The molecule has 0 aliphatic rings. The second-order valence-corrected chi connectivity index (χ2v) is 15.7. The number of fused-ring (bicyclic) bond motifs is 1. The van der Waals surface area contributed by atoms with E-state index in [1.54, 1.807) is 0 Å². The van der Waals surface area contributed by atoms with E-state index in [0.29, 0.717) is 12.3 Å². The Morgan fingerprint density at radius 3 is 2.29 bits per heavy atom. The van der Waals surface area contributed by atoms with Crippen molar-refractivity contribution in [2.75, 3.05) is 44.0 Å².